The fourth-order valence-electron chi connectivity index (χ4n) is 4.79. The number of hydrogen-bond acceptors (Lipinski definition) is 4. The fraction of sp³-hybridized carbons (Fsp3) is 1.00. The molecule has 128 valence electrons. The van der Waals surface area contributed by atoms with E-state index in [0.717, 1.165) is 38.3 Å². The Morgan fingerprint density at radius 1 is 1.18 bits per heavy atom. The molecule has 0 aromatic heterocycles. The van der Waals surface area contributed by atoms with Crippen molar-refractivity contribution >= 4 is 0 Å². The highest BCUT2D eigenvalue weighted by atomic mass is 16.5. The van der Waals surface area contributed by atoms with E-state index in [0.29, 0.717) is 12.1 Å². The van der Waals surface area contributed by atoms with E-state index in [1.165, 1.54) is 58.0 Å². The van der Waals surface area contributed by atoms with Gasteiger partial charge in [-0.1, -0.05) is 19.8 Å². The summed E-state index contributed by atoms with van der Waals surface area (Å²) in [7, 11) is 0. The Morgan fingerprint density at radius 2 is 2.14 bits per heavy atom. The number of piperidine rings is 1. The molecule has 4 heteroatoms. The van der Waals surface area contributed by atoms with E-state index >= 15 is 0 Å². The zero-order valence-corrected chi connectivity index (χ0v) is 14.4. The normalized spacial score (nSPS) is 37.5. The minimum Gasteiger partial charge on any atom is -0.379 e. The first kappa shape index (κ1) is 16.7. The van der Waals surface area contributed by atoms with Gasteiger partial charge in [0.05, 0.1) is 13.2 Å². The molecule has 0 radical (unpaired) electrons. The Bertz CT molecular complexity index is 319. The first-order valence-electron chi connectivity index (χ1n) is 9.67. The average molecular weight is 309 g/mol. The minimum absolute atomic E-state index is 0.576. The number of ether oxygens (including phenoxy) is 1. The van der Waals surface area contributed by atoms with Crippen LogP contribution < -0.4 is 10.6 Å². The van der Waals surface area contributed by atoms with E-state index < -0.39 is 0 Å². The lowest BCUT2D eigenvalue weighted by Gasteiger charge is -2.36. The van der Waals surface area contributed by atoms with Crippen molar-refractivity contribution in [2.75, 3.05) is 39.4 Å². The van der Waals surface area contributed by atoms with Gasteiger partial charge in [-0.3, -0.25) is 4.90 Å². The summed E-state index contributed by atoms with van der Waals surface area (Å²) in [6.07, 6.45) is 9.63. The van der Waals surface area contributed by atoms with Crippen molar-refractivity contribution in [2.45, 2.75) is 70.0 Å². The van der Waals surface area contributed by atoms with Gasteiger partial charge in [0.1, 0.15) is 0 Å². The SMILES string of the molecule is CCC1CCCCN1CCNC1CCCC1C1COCCN1. The minimum atomic E-state index is 0.576. The number of nitrogens with zero attached hydrogens (tertiary/aromatic N) is 1. The van der Waals surface area contributed by atoms with Crippen LogP contribution in [0.2, 0.25) is 0 Å². The van der Waals surface area contributed by atoms with Gasteiger partial charge in [-0.25, -0.2) is 0 Å². The molecule has 2 saturated heterocycles. The standard InChI is InChI=1S/C18H35N3O/c1-2-15-6-3-4-11-21(15)12-9-19-17-8-5-7-16(17)18-14-22-13-10-20-18/h15-20H,2-14H2,1H3. The van der Waals surface area contributed by atoms with E-state index in [1.54, 1.807) is 0 Å². The van der Waals surface area contributed by atoms with E-state index in [4.69, 9.17) is 4.74 Å². The van der Waals surface area contributed by atoms with Crippen molar-refractivity contribution < 1.29 is 4.74 Å². The van der Waals surface area contributed by atoms with Crippen LogP contribution in [-0.4, -0.2) is 62.4 Å². The second-order valence-electron chi connectivity index (χ2n) is 7.38. The molecule has 2 aliphatic heterocycles. The zero-order chi connectivity index (χ0) is 15.2. The van der Waals surface area contributed by atoms with Crippen LogP contribution in [0.5, 0.6) is 0 Å². The number of rotatable bonds is 6. The number of likely N-dealkylation sites (tertiary alicyclic amines) is 1. The van der Waals surface area contributed by atoms with Crippen LogP contribution in [0.25, 0.3) is 0 Å². The summed E-state index contributed by atoms with van der Waals surface area (Å²) < 4.78 is 5.67. The summed E-state index contributed by atoms with van der Waals surface area (Å²) in [6.45, 7) is 8.87. The molecular weight excluding hydrogens is 274 g/mol. The number of nitrogens with one attached hydrogen (secondary N) is 2. The van der Waals surface area contributed by atoms with E-state index in [2.05, 4.69) is 22.5 Å². The third kappa shape index (κ3) is 4.22. The second-order valence-corrected chi connectivity index (χ2v) is 7.38. The highest BCUT2D eigenvalue weighted by molar-refractivity contribution is 4.92. The first-order valence-corrected chi connectivity index (χ1v) is 9.67. The Labute approximate surface area is 136 Å². The Morgan fingerprint density at radius 3 is 2.95 bits per heavy atom. The topological polar surface area (TPSA) is 36.5 Å². The highest BCUT2D eigenvalue weighted by Gasteiger charge is 2.34. The number of hydrogen-bond donors (Lipinski definition) is 2. The van der Waals surface area contributed by atoms with Gasteiger partial charge in [0.2, 0.25) is 0 Å². The second kappa shape index (κ2) is 8.62. The maximum Gasteiger partial charge on any atom is 0.0623 e. The molecule has 22 heavy (non-hydrogen) atoms. The average Bonchev–Trinajstić information content (AvgIpc) is 3.04. The van der Waals surface area contributed by atoms with Crippen LogP contribution in [0, 0.1) is 5.92 Å². The maximum absolute atomic E-state index is 5.67. The molecule has 3 fully saturated rings. The van der Waals surface area contributed by atoms with Crippen molar-refractivity contribution in [1.82, 2.24) is 15.5 Å². The van der Waals surface area contributed by atoms with Crippen LogP contribution in [-0.2, 0) is 4.74 Å². The van der Waals surface area contributed by atoms with Crippen molar-refractivity contribution in [3.8, 4) is 0 Å². The molecule has 0 bridgehead atoms. The molecule has 0 spiro atoms. The molecular formula is C18H35N3O. The molecule has 1 saturated carbocycles. The monoisotopic (exact) mass is 309 g/mol. The lowest BCUT2D eigenvalue weighted by atomic mass is 9.94. The smallest absolute Gasteiger partial charge is 0.0623 e. The molecule has 4 unspecified atom stereocenters. The van der Waals surface area contributed by atoms with Crippen LogP contribution >= 0.6 is 0 Å². The Hall–Kier alpha value is -0.160. The molecule has 3 aliphatic rings. The molecule has 2 heterocycles. The summed E-state index contributed by atoms with van der Waals surface area (Å²) >= 11 is 0. The lowest BCUT2D eigenvalue weighted by molar-refractivity contribution is 0.0520. The Balaban J connectivity index is 1.42. The predicted octanol–water partition coefficient (Wildman–Crippen LogP) is 2.00. The lowest BCUT2D eigenvalue weighted by Crippen LogP contribution is -2.52. The van der Waals surface area contributed by atoms with Gasteiger partial charge < -0.3 is 15.4 Å². The third-order valence-electron chi connectivity index (χ3n) is 6.06. The van der Waals surface area contributed by atoms with Gasteiger partial charge in [-0.2, -0.15) is 0 Å². The van der Waals surface area contributed by atoms with Crippen LogP contribution in [0.15, 0.2) is 0 Å². The third-order valence-corrected chi connectivity index (χ3v) is 6.06. The fourth-order valence-corrected chi connectivity index (χ4v) is 4.79. The van der Waals surface area contributed by atoms with Gasteiger partial charge in [0.25, 0.3) is 0 Å². The van der Waals surface area contributed by atoms with Crippen LogP contribution in [0.4, 0.5) is 0 Å². The molecule has 0 amide bonds. The summed E-state index contributed by atoms with van der Waals surface area (Å²) in [4.78, 5) is 2.72. The van der Waals surface area contributed by atoms with Crippen molar-refractivity contribution in [3.63, 3.8) is 0 Å². The maximum atomic E-state index is 5.67. The number of morpholine rings is 1. The predicted molar refractivity (Wildman–Crippen MR) is 91.2 cm³/mol. The molecule has 1 aliphatic carbocycles. The van der Waals surface area contributed by atoms with Gasteiger partial charge in [-0.05, 0) is 44.6 Å². The molecule has 3 rings (SSSR count). The van der Waals surface area contributed by atoms with Gasteiger partial charge in [0.15, 0.2) is 0 Å². The van der Waals surface area contributed by atoms with Gasteiger partial charge in [-0.15, -0.1) is 0 Å². The van der Waals surface area contributed by atoms with Crippen molar-refractivity contribution in [1.29, 1.82) is 0 Å². The highest BCUT2D eigenvalue weighted by Crippen LogP contribution is 2.29. The molecule has 4 nitrogen and oxygen atoms in total. The van der Waals surface area contributed by atoms with E-state index in [1.807, 2.05) is 0 Å². The quantitative estimate of drug-likeness (QED) is 0.787. The van der Waals surface area contributed by atoms with E-state index in [-0.39, 0.29) is 0 Å². The van der Waals surface area contributed by atoms with Gasteiger partial charge in [0, 0.05) is 37.8 Å². The zero-order valence-electron chi connectivity index (χ0n) is 14.4. The summed E-state index contributed by atoms with van der Waals surface area (Å²) in [5.74, 6) is 0.767. The van der Waals surface area contributed by atoms with Crippen LogP contribution in [0.1, 0.15) is 51.9 Å². The first-order chi connectivity index (χ1) is 10.9. The van der Waals surface area contributed by atoms with Gasteiger partial charge >= 0.3 is 0 Å². The Kier molecular flexibility index (Phi) is 6.54. The largest absolute Gasteiger partial charge is 0.379 e. The summed E-state index contributed by atoms with van der Waals surface area (Å²) in [5.41, 5.74) is 0. The van der Waals surface area contributed by atoms with E-state index in [9.17, 15) is 0 Å². The molecule has 0 aromatic carbocycles. The van der Waals surface area contributed by atoms with Crippen molar-refractivity contribution in [3.05, 3.63) is 0 Å². The molecule has 2 N–H and O–H groups in total. The van der Waals surface area contributed by atoms with Crippen LogP contribution in [0.3, 0.4) is 0 Å². The molecule has 4 atom stereocenters. The molecule has 0 aromatic rings. The summed E-state index contributed by atoms with van der Waals surface area (Å²) in [6, 6.07) is 2.11. The van der Waals surface area contributed by atoms with Crippen molar-refractivity contribution in [2.24, 2.45) is 5.92 Å². The summed E-state index contributed by atoms with van der Waals surface area (Å²) in [5, 5.41) is 7.56.